The molecular formula is C16H22N2O4. The monoisotopic (exact) mass is 306 g/mol. The molecule has 1 N–H and O–H groups in total. The van der Waals surface area contributed by atoms with Crippen LogP contribution >= 0.6 is 0 Å². The van der Waals surface area contributed by atoms with Gasteiger partial charge in [0.1, 0.15) is 0 Å². The Labute approximate surface area is 130 Å². The van der Waals surface area contributed by atoms with Gasteiger partial charge in [0.05, 0.1) is 19.9 Å². The van der Waals surface area contributed by atoms with Gasteiger partial charge in [-0.2, -0.15) is 0 Å². The number of hydrogen-bond donors (Lipinski definition) is 1. The summed E-state index contributed by atoms with van der Waals surface area (Å²) >= 11 is 0. The van der Waals surface area contributed by atoms with Gasteiger partial charge in [-0.25, -0.2) is 0 Å². The quantitative estimate of drug-likeness (QED) is 0.925. The topological polar surface area (TPSA) is 69.2 Å². The van der Waals surface area contributed by atoms with Crippen molar-refractivity contribution in [2.24, 2.45) is 5.16 Å². The van der Waals surface area contributed by atoms with Crippen molar-refractivity contribution >= 4 is 11.6 Å². The number of methoxy groups -OCH3 is 2. The Morgan fingerprint density at radius 2 is 1.95 bits per heavy atom. The molecule has 1 amide bonds. The van der Waals surface area contributed by atoms with E-state index in [0.717, 1.165) is 11.3 Å². The van der Waals surface area contributed by atoms with Crippen LogP contribution in [0.2, 0.25) is 0 Å². The predicted octanol–water partition coefficient (Wildman–Crippen LogP) is 2.11. The van der Waals surface area contributed by atoms with Crippen LogP contribution in [0.1, 0.15) is 32.8 Å². The molecule has 1 aliphatic heterocycles. The number of rotatable bonds is 4. The molecule has 0 spiro atoms. The molecule has 0 radical (unpaired) electrons. The van der Waals surface area contributed by atoms with Gasteiger partial charge in [0.2, 0.25) is 6.10 Å². The third-order valence-electron chi connectivity index (χ3n) is 3.18. The van der Waals surface area contributed by atoms with Crippen LogP contribution in [-0.4, -0.2) is 37.5 Å². The van der Waals surface area contributed by atoms with Gasteiger partial charge in [-0.05, 0) is 39.0 Å². The van der Waals surface area contributed by atoms with Crippen molar-refractivity contribution in [1.29, 1.82) is 0 Å². The van der Waals surface area contributed by atoms with Crippen LogP contribution in [0.25, 0.3) is 0 Å². The smallest absolute Gasteiger partial charge is 0.264 e. The molecule has 0 saturated heterocycles. The Balaban J connectivity index is 2.08. The lowest BCUT2D eigenvalue weighted by Gasteiger charge is -2.22. The average Bonchev–Trinajstić information content (AvgIpc) is 2.94. The second kappa shape index (κ2) is 6.25. The van der Waals surface area contributed by atoms with Gasteiger partial charge >= 0.3 is 0 Å². The zero-order chi connectivity index (χ0) is 16.3. The molecule has 1 aromatic carbocycles. The van der Waals surface area contributed by atoms with Crippen LogP contribution in [0.15, 0.2) is 23.4 Å². The van der Waals surface area contributed by atoms with Crippen LogP contribution in [0.3, 0.4) is 0 Å². The van der Waals surface area contributed by atoms with Gasteiger partial charge in [0.25, 0.3) is 5.91 Å². The molecular weight excluding hydrogens is 284 g/mol. The molecule has 1 aliphatic rings. The van der Waals surface area contributed by atoms with Crippen molar-refractivity contribution in [3.8, 4) is 11.5 Å². The molecule has 0 unspecified atom stereocenters. The largest absolute Gasteiger partial charge is 0.493 e. The highest BCUT2D eigenvalue weighted by Gasteiger charge is 2.31. The van der Waals surface area contributed by atoms with E-state index in [9.17, 15) is 4.79 Å². The van der Waals surface area contributed by atoms with Crippen molar-refractivity contribution in [3.63, 3.8) is 0 Å². The Bertz CT molecular complexity index is 590. The van der Waals surface area contributed by atoms with E-state index < -0.39 is 6.10 Å². The maximum absolute atomic E-state index is 12.1. The number of amides is 1. The molecule has 0 saturated carbocycles. The van der Waals surface area contributed by atoms with Gasteiger partial charge in [0, 0.05) is 17.5 Å². The number of oxime groups is 1. The fourth-order valence-corrected chi connectivity index (χ4v) is 2.15. The zero-order valence-corrected chi connectivity index (χ0v) is 13.6. The third kappa shape index (κ3) is 3.69. The highest BCUT2D eigenvalue weighted by atomic mass is 16.6. The summed E-state index contributed by atoms with van der Waals surface area (Å²) in [5, 5.41) is 6.92. The van der Waals surface area contributed by atoms with Crippen LogP contribution in [-0.2, 0) is 9.63 Å². The summed E-state index contributed by atoms with van der Waals surface area (Å²) in [7, 11) is 3.16. The first kappa shape index (κ1) is 16.1. The van der Waals surface area contributed by atoms with Crippen molar-refractivity contribution in [1.82, 2.24) is 5.32 Å². The first-order valence-corrected chi connectivity index (χ1v) is 7.11. The minimum absolute atomic E-state index is 0.160. The second-order valence-electron chi connectivity index (χ2n) is 6.15. The third-order valence-corrected chi connectivity index (χ3v) is 3.18. The highest BCUT2D eigenvalue weighted by Crippen LogP contribution is 2.29. The summed E-state index contributed by atoms with van der Waals surface area (Å²) in [5.41, 5.74) is 1.27. The van der Waals surface area contributed by atoms with Crippen LogP contribution < -0.4 is 14.8 Å². The SMILES string of the molecule is COc1ccc(C2=NO[C@H](C(=O)NC(C)(C)C)C2)cc1OC. The lowest BCUT2D eigenvalue weighted by molar-refractivity contribution is -0.132. The molecule has 0 aliphatic carbocycles. The lowest BCUT2D eigenvalue weighted by atomic mass is 10.0. The van der Waals surface area contributed by atoms with E-state index in [-0.39, 0.29) is 11.4 Å². The zero-order valence-electron chi connectivity index (χ0n) is 13.6. The Morgan fingerprint density at radius 3 is 2.55 bits per heavy atom. The standard InChI is InChI=1S/C16H22N2O4/c1-16(2,3)17-15(19)14-9-11(18-22-14)10-6-7-12(20-4)13(8-10)21-5/h6-8,14H,9H2,1-5H3,(H,17,19)/t14-/m0/s1. The molecule has 0 aromatic heterocycles. The number of nitrogens with zero attached hydrogens (tertiary/aromatic N) is 1. The second-order valence-corrected chi connectivity index (χ2v) is 6.15. The van der Waals surface area contributed by atoms with E-state index in [4.69, 9.17) is 14.3 Å². The minimum Gasteiger partial charge on any atom is -0.493 e. The van der Waals surface area contributed by atoms with Crippen molar-refractivity contribution in [2.45, 2.75) is 38.8 Å². The summed E-state index contributed by atoms with van der Waals surface area (Å²) < 4.78 is 10.5. The molecule has 0 bridgehead atoms. The summed E-state index contributed by atoms with van der Waals surface area (Å²) in [4.78, 5) is 17.4. The first-order chi connectivity index (χ1) is 10.3. The van der Waals surface area contributed by atoms with E-state index in [1.54, 1.807) is 20.3 Å². The van der Waals surface area contributed by atoms with Crippen molar-refractivity contribution < 1.29 is 19.1 Å². The lowest BCUT2D eigenvalue weighted by Crippen LogP contribution is -2.45. The van der Waals surface area contributed by atoms with Crippen LogP contribution in [0, 0.1) is 0 Å². The number of hydrogen-bond acceptors (Lipinski definition) is 5. The molecule has 6 heteroatoms. The normalized spacial score (nSPS) is 17.5. The Kier molecular flexibility index (Phi) is 4.59. The predicted molar refractivity (Wildman–Crippen MR) is 83.5 cm³/mol. The minimum atomic E-state index is -0.595. The van der Waals surface area contributed by atoms with Crippen LogP contribution in [0.4, 0.5) is 0 Å². The van der Waals surface area contributed by atoms with E-state index in [1.165, 1.54) is 0 Å². The molecule has 2 rings (SSSR count). The number of ether oxygens (including phenoxy) is 2. The molecule has 22 heavy (non-hydrogen) atoms. The van der Waals surface area contributed by atoms with Crippen LogP contribution in [0.5, 0.6) is 11.5 Å². The number of carbonyl (C=O) groups excluding carboxylic acids is 1. The van der Waals surface area contributed by atoms with E-state index >= 15 is 0 Å². The summed E-state index contributed by atoms with van der Waals surface area (Å²) in [5.74, 6) is 1.10. The Morgan fingerprint density at radius 1 is 1.27 bits per heavy atom. The van der Waals surface area contributed by atoms with Gasteiger partial charge in [0.15, 0.2) is 11.5 Å². The molecule has 0 fully saturated rings. The first-order valence-electron chi connectivity index (χ1n) is 7.11. The fraction of sp³-hybridized carbons (Fsp3) is 0.500. The summed E-state index contributed by atoms with van der Waals surface area (Å²) in [6.07, 6.45) is -0.167. The van der Waals surface area contributed by atoms with Gasteiger partial charge in [-0.15, -0.1) is 0 Å². The average molecular weight is 306 g/mol. The molecule has 1 heterocycles. The van der Waals surface area contributed by atoms with Gasteiger partial charge in [-0.1, -0.05) is 5.16 Å². The van der Waals surface area contributed by atoms with Crippen molar-refractivity contribution in [3.05, 3.63) is 23.8 Å². The van der Waals surface area contributed by atoms with Crippen molar-refractivity contribution in [2.75, 3.05) is 14.2 Å². The number of benzene rings is 1. The molecule has 1 atom stereocenters. The van der Waals surface area contributed by atoms with Gasteiger partial charge < -0.3 is 19.6 Å². The maximum atomic E-state index is 12.1. The molecule has 6 nitrogen and oxygen atoms in total. The van der Waals surface area contributed by atoms with E-state index in [0.29, 0.717) is 17.9 Å². The van der Waals surface area contributed by atoms with Gasteiger partial charge in [-0.3, -0.25) is 4.79 Å². The summed E-state index contributed by atoms with van der Waals surface area (Å²) in [6, 6.07) is 5.50. The molecule has 1 aromatic rings. The van der Waals surface area contributed by atoms with E-state index in [2.05, 4.69) is 10.5 Å². The van der Waals surface area contributed by atoms with E-state index in [1.807, 2.05) is 32.9 Å². The molecule has 120 valence electrons. The maximum Gasteiger partial charge on any atom is 0.264 e. The fourth-order valence-electron chi connectivity index (χ4n) is 2.15. The number of nitrogens with one attached hydrogen (secondary N) is 1. The Hall–Kier alpha value is -2.24. The highest BCUT2D eigenvalue weighted by molar-refractivity contribution is 6.04. The summed E-state index contributed by atoms with van der Waals surface area (Å²) in [6.45, 7) is 5.78. The number of carbonyl (C=O) groups is 1.